The van der Waals surface area contributed by atoms with E-state index in [4.69, 9.17) is 4.79 Å². The Balaban J connectivity index is 2.83. The number of carbonyl (C=O) groups excluding carboxylic acids is 1. The number of hydrogen-bond donors (Lipinski definition) is 1. The van der Waals surface area contributed by atoms with Crippen LogP contribution in [0.3, 0.4) is 0 Å². The molecule has 1 amide bonds. The molecular weight excluding hydrogens is 93.1 g/mol. The summed E-state index contributed by atoms with van der Waals surface area (Å²) in [5, 5.41) is 0. The maximum atomic E-state index is 10.8. The van der Waals surface area contributed by atoms with Gasteiger partial charge in [-0.05, 0) is 12.8 Å². The minimum atomic E-state index is -0.361. The van der Waals surface area contributed by atoms with Gasteiger partial charge in [-0.1, -0.05) is 4.48 Å². The standard InChI is InChI=1S/CH2FNOS/c2-3(5)1-4/h1,5H. The molecule has 0 unspecified atom stereocenters. The summed E-state index contributed by atoms with van der Waals surface area (Å²) < 4.78 is 10.4. The summed E-state index contributed by atoms with van der Waals surface area (Å²) in [7, 11) is 0. The molecule has 0 aliphatic carbocycles. The van der Waals surface area contributed by atoms with Crippen molar-refractivity contribution in [1.82, 2.24) is 4.53 Å². The van der Waals surface area contributed by atoms with Crippen LogP contribution in [-0.4, -0.2) is 10.9 Å². The summed E-state index contributed by atoms with van der Waals surface area (Å²) >= 11 is 2.90. The minimum absolute atomic E-state index is 0.0525. The van der Waals surface area contributed by atoms with Gasteiger partial charge in [-0.15, -0.1) is 4.53 Å². The maximum absolute atomic E-state index is 10.8. The van der Waals surface area contributed by atoms with Crippen molar-refractivity contribution >= 4 is 19.2 Å². The average Bonchev–Trinajstić information content (AvgIpc) is 1.38. The third-order valence-corrected chi connectivity index (χ3v) is 0.181. The van der Waals surface area contributed by atoms with Crippen LogP contribution in [0.1, 0.15) is 0 Å². The molecule has 0 bridgehead atoms. The molecule has 0 saturated heterocycles. The molecule has 0 heterocycles. The predicted molar refractivity (Wildman–Crippen MR) is 18.0 cm³/mol. The van der Waals surface area contributed by atoms with E-state index in [2.05, 4.69) is 12.8 Å². The van der Waals surface area contributed by atoms with Gasteiger partial charge < -0.3 is 0 Å². The molecule has 2 nitrogen and oxygen atoms in total. The normalized spacial score (nSPS) is 6.80. The molecule has 30 valence electrons. The molecule has 0 radical (unpaired) electrons. The first-order chi connectivity index (χ1) is 2.27. The number of thiol groups is 1. The largest absolute Gasteiger partial charge is 0.275 e. The zero-order chi connectivity index (χ0) is 4.28. The summed E-state index contributed by atoms with van der Waals surface area (Å²) in [5.74, 6) is 0. The molecule has 0 rings (SSSR count). The van der Waals surface area contributed by atoms with Gasteiger partial charge >= 0.3 is 0 Å². The molecule has 0 aromatic carbocycles. The van der Waals surface area contributed by atoms with E-state index in [0.717, 1.165) is 0 Å². The Bertz CT molecular complexity index is 38.6. The van der Waals surface area contributed by atoms with E-state index in [-0.39, 0.29) is 10.9 Å². The lowest BCUT2D eigenvalue weighted by Crippen LogP contribution is -1.89. The van der Waals surface area contributed by atoms with E-state index >= 15 is 0 Å². The van der Waals surface area contributed by atoms with Crippen molar-refractivity contribution in [3.05, 3.63) is 0 Å². The summed E-state index contributed by atoms with van der Waals surface area (Å²) in [4.78, 5) is 8.98. The Morgan fingerprint density at radius 2 is 2.20 bits per heavy atom. The van der Waals surface area contributed by atoms with Crippen molar-refractivity contribution in [2.24, 2.45) is 0 Å². The highest BCUT2D eigenvalue weighted by Crippen LogP contribution is 1.81. The Morgan fingerprint density at radius 3 is 2.20 bits per heavy atom. The third-order valence-electron chi connectivity index (χ3n) is 0.0870. The smallest absolute Gasteiger partial charge is 0.248 e. The molecule has 0 aromatic rings. The highest BCUT2D eigenvalue weighted by atomic mass is 32.1. The van der Waals surface area contributed by atoms with E-state index in [0.29, 0.717) is 0 Å². The second kappa shape index (κ2) is 2.02. The van der Waals surface area contributed by atoms with Gasteiger partial charge in [0, 0.05) is 0 Å². The van der Waals surface area contributed by atoms with Crippen LogP contribution in [0.2, 0.25) is 0 Å². The van der Waals surface area contributed by atoms with E-state index in [1.807, 2.05) is 0 Å². The van der Waals surface area contributed by atoms with Crippen LogP contribution in [-0.2, 0) is 4.79 Å². The molecule has 0 saturated carbocycles. The van der Waals surface area contributed by atoms with Gasteiger partial charge in [0.25, 0.3) is 0 Å². The lowest BCUT2D eigenvalue weighted by Gasteiger charge is -1.82. The Hall–Kier alpha value is -0.250. The van der Waals surface area contributed by atoms with Crippen molar-refractivity contribution in [3.8, 4) is 0 Å². The van der Waals surface area contributed by atoms with Gasteiger partial charge in [0.1, 0.15) is 0 Å². The van der Waals surface area contributed by atoms with Gasteiger partial charge in [0.2, 0.25) is 6.41 Å². The van der Waals surface area contributed by atoms with Gasteiger partial charge in [0.05, 0.1) is 0 Å². The van der Waals surface area contributed by atoms with Gasteiger partial charge in [-0.2, -0.15) is 0 Å². The number of hydrogen-bond acceptors (Lipinski definition) is 2. The van der Waals surface area contributed by atoms with Crippen LogP contribution in [0.15, 0.2) is 0 Å². The van der Waals surface area contributed by atoms with Gasteiger partial charge in [-0.3, -0.25) is 4.79 Å². The molecular formula is CH2FNOS. The number of amides is 1. The van der Waals surface area contributed by atoms with Crippen molar-refractivity contribution in [2.75, 3.05) is 0 Å². The molecule has 0 aliphatic heterocycles. The fourth-order valence-corrected chi connectivity index (χ4v) is 0. The van der Waals surface area contributed by atoms with Crippen molar-refractivity contribution in [1.29, 1.82) is 0 Å². The van der Waals surface area contributed by atoms with E-state index in [1.165, 1.54) is 0 Å². The maximum Gasteiger partial charge on any atom is 0.248 e. The third kappa shape index (κ3) is 3.75. The Morgan fingerprint density at radius 1 is 2.00 bits per heavy atom. The highest BCUT2D eigenvalue weighted by molar-refractivity contribution is 7.78. The first-order valence-electron chi connectivity index (χ1n) is 0.863. The first-order valence-corrected chi connectivity index (χ1v) is 1.26. The molecule has 4 heteroatoms. The van der Waals surface area contributed by atoms with Crippen LogP contribution in [0, 0.1) is 0 Å². The van der Waals surface area contributed by atoms with Crippen LogP contribution >= 0.6 is 12.8 Å². The molecule has 0 fully saturated rings. The molecule has 5 heavy (non-hydrogen) atoms. The van der Waals surface area contributed by atoms with E-state index in [1.54, 1.807) is 0 Å². The number of nitrogens with zero attached hydrogens (tertiary/aromatic N) is 1. The zero-order valence-corrected chi connectivity index (χ0v) is 3.15. The summed E-state index contributed by atoms with van der Waals surface area (Å²) in [6.45, 7) is 0. The van der Waals surface area contributed by atoms with E-state index in [9.17, 15) is 4.48 Å². The van der Waals surface area contributed by atoms with Crippen molar-refractivity contribution in [2.45, 2.75) is 0 Å². The second-order valence-corrected chi connectivity index (χ2v) is 0.776. The Kier molecular flexibility index (Phi) is 1.92. The molecule has 0 aromatic heterocycles. The fourth-order valence-electron chi connectivity index (χ4n) is 0. The molecule has 0 aliphatic rings. The summed E-state index contributed by atoms with van der Waals surface area (Å²) in [5.41, 5.74) is 0. The Labute approximate surface area is 34.1 Å². The van der Waals surface area contributed by atoms with Crippen molar-refractivity contribution in [3.63, 3.8) is 0 Å². The monoisotopic (exact) mass is 95.0 g/mol. The van der Waals surface area contributed by atoms with Gasteiger partial charge in [-0.25, -0.2) is 0 Å². The van der Waals surface area contributed by atoms with E-state index < -0.39 is 0 Å². The lowest BCUT2D eigenvalue weighted by atomic mass is 11.5. The van der Waals surface area contributed by atoms with Crippen LogP contribution in [0.5, 0.6) is 0 Å². The highest BCUT2D eigenvalue weighted by Gasteiger charge is 1.76. The fraction of sp³-hybridized carbons (Fsp3) is 0. The molecule has 0 atom stereocenters. The van der Waals surface area contributed by atoms with Crippen LogP contribution in [0.4, 0.5) is 4.48 Å². The lowest BCUT2D eigenvalue weighted by molar-refractivity contribution is -0.121. The first kappa shape index (κ1) is 4.75. The topological polar surface area (TPSA) is 20.3 Å². The quantitative estimate of drug-likeness (QED) is 0.280. The van der Waals surface area contributed by atoms with Crippen molar-refractivity contribution < 1.29 is 9.28 Å². The molecule has 0 N–H and O–H groups in total. The van der Waals surface area contributed by atoms with Crippen LogP contribution < -0.4 is 0 Å². The second-order valence-electron chi connectivity index (χ2n) is 0.394. The van der Waals surface area contributed by atoms with Crippen LogP contribution in [0.25, 0.3) is 0 Å². The SMILES string of the molecule is O=CN(F)S. The molecule has 0 spiro atoms. The number of carbonyl (C=O) groups is 1. The summed E-state index contributed by atoms with van der Waals surface area (Å²) in [6, 6.07) is 0. The number of halogens is 1. The zero-order valence-electron chi connectivity index (χ0n) is 2.26. The minimum Gasteiger partial charge on any atom is -0.275 e. The summed E-state index contributed by atoms with van der Waals surface area (Å²) in [6.07, 6.45) is -0.0525. The number of rotatable bonds is 1. The predicted octanol–water partition coefficient (Wildman–Crippen LogP) is 0.174. The van der Waals surface area contributed by atoms with Gasteiger partial charge in [0.15, 0.2) is 0 Å². The average molecular weight is 95.1 g/mol.